The molecule has 0 radical (unpaired) electrons. The average molecular weight is 191 g/mol. The molecule has 3 heteroatoms. The number of benzene rings is 1. The van der Waals surface area contributed by atoms with Gasteiger partial charge in [0.05, 0.1) is 5.02 Å². The Bertz CT molecular complexity index is 268. The van der Waals surface area contributed by atoms with E-state index in [1.165, 1.54) is 0 Å². The van der Waals surface area contributed by atoms with Crippen molar-refractivity contribution in [3.8, 4) is 5.75 Å². The maximum absolute atomic E-state index is 9.32. The second-order valence-electron chi connectivity index (χ2n) is 2.44. The monoisotopic (exact) mass is 190 g/mol. The molecule has 0 heterocycles. The molecule has 0 fully saturated rings. The normalized spacial score (nSPS) is 10.2. The molecular weight excluding hydrogens is 183 g/mol. The first-order chi connectivity index (χ1) is 5.04. The van der Waals surface area contributed by atoms with Crippen molar-refractivity contribution in [1.82, 2.24) is 0 Å². The van der Waals surface area contributed by atoms with Gasteiger partial charge in [-0.2, -0.15) is 0 Å². The Morgan fingerprint density at radius 3 is 2.18 bits per heavy atom. The summed E-state index contributed by atoms with van der Waals surface area (Å²) in [6.45, 7) is 3.62. The van der Waals surface area contributed by atoms with E-state index in [1.807, 2.05) is 6.92 Å². The molecule has 0 aromatic heterocycles. The number of halogens is 2. The van der Waals surface area contributed by atoms with Gasteiger partial charge in [-0.3, -0.25) is 0 Å². The number of hydrogen-bond donors (Lipinski definition) is 1. The fourth-order valence-corrected chi connectivity index (χ4v) is 1.38. The van der Waals surface area contributed by atoms with Crippen LogP contribution in [0.15, 0.2) is 6.07 Å². The molecule has 0 aliphatic rings. The molecule has 0 saturated carbocycles. The molecule has 0 bridgehead atoms. The van der Waals surface area contributed by atoms with Gasteiger partial charge in [-0.25, -0.2) is 0 Å². The fraction of sp³-hybridized carbons (Fsp3) is 0.250. The zero-order valence-electron chi connectivity index (χ0n) is 6.28. The first-order valence-electron chi connectivity index (χ1n) is 3.18. The van der Waals surface area contributed by atoms with Crippen molar-refractivity contribution in [3.63, 3.8) is 0 Å². The maximum Gasteiger partial charge on any atom is 0.137 e. The van der Waals surface area contributed by atoms with Gasteiger partial charge in [0.25, 0.3) is 0 Å². The van der Waals surface area contributed by atoms with Gasteiger partial charge in [0.15, 0.2) is 0 Å². The highest BCUT2D eigenvalue weighted by Crippen LogP contribution is 2.33. The van der Waals surface area contributed by atoms with Gasteiger partial charge in [0.1, 0.15) is 5.75 Å². The molecule has 1 aromatic carbocycles. The van der Waals surface area contributed by atoms with Crippen LogP contribution in [0, 0.1) is 13.8 Å². The van der Waals surface area contributed by atoms with Crippen molar-refractivity contribution in [1.29, 1.82) is 0 Å². The fourth-order valence-electron chi connectivity index (χ4n) is 0.824. The standard InChI is InChI=1S/C8H8Cl2O/c1-4-5(2)8(11)7(10)3-6(4)9/h3,11H,1-2H3. The highest BCUT2D eigenvalue weighted by atomic mass is 35.5. The van der Waals surface area contributed by atoms with Gasteiger partial charge in [-0.15, -0.1) is 0 Å². The van der Waals surface area contributed by atoms with E-state index in [0.29, 0.717) is 10.0 Å². The van der Waals surface area contributed by atoms with Crippen LogP contribution in [0.4, 0.5) is 0 Å². The van der Waals surface area contributed by atoms with Gasteiger partial charge in [0, 0.05) is 5.02 Å². The Kier molecular flexibility index (Phi) is 2.31. The summed E-state index contributed by atoms with van der Waals surface area (Å²) in [5.41, 5.74) is 1.61. The molecule has 0 aliphatic carbocycles. The summed E-state index contributed by atoms with van der Waals surface area (Å²) in [7, 11) is 0. The molecule has 0 spiro atoms. The lowest BCUT2D eigenvalue weighted by molar-refractivity contribution is 0.471. The van der Waals surface area contributed by atoms with E-state index in [0.717, 1.165) is 11.1 Å². The zero-order valence-corrected chi connectivity index (χ0v) is 7.79. The third-order valence-electron chi connectivity index (χ3n) is 1.76. The topological polar surface area (TPSA) is 20.2 Å². The van der Waals surface area contributed by atoms with Gasteiger partial charge in [0.2, 0.25) is 0 Å². The van der Waals surface area contributed by atoms with E-state index in [2.05, 4.69) is 0 Å². The largest absolute Gasteiger partial charge is 0.506 e. The van der Waals surface area contributed by atoms with E-state index >= 15 is 0 Å². The number of hydrogen-bond acceptors (Lipinski definition) is 1. The smallest absolute Gasteiger partial charge is 0.137 e. The van der Waals surface area contributed by atoms with Gasteiger partial charge in [-0.1, -0.05) is 23.2 Å². The summed E-state index contributed by atoms with van der Waals surface area (Å²) in [6, 6.07) is 1.54. The van der Waals surface area contributed by atoms with Crippen molar-refractivity contribution in [2.45, 2.75) is 13.8 Å². The summed E-state index contributed by atoms with van der Waals surface area (Å²) < 4.78 is 0. The molecule has 0 saturated heterocycles. The van der Waals surface area contributed by atoms with Crippen LogP contribution in [-0.2, 0) is 0 Å². The number of rotatable bonds is 0. The Morgan fingerprint density at radius 2 is 1.64 bits per heavy atom. The third-order valence-corrected chi connectivity index (χ3v) is 2.44. The first kappa shape index (κ1) is 8.69. The van der Waals surface area contributed by atoms with Gasteiger partial charge >= 0.3 is 0 Å². The van der Waals surface area contributed by atoms with Crippen LogP contribution in [0.3, 0.4) is 0 Å². The molecule has 0 aliphatic heterocycles. The lowest BCUT2D eigenvalue weighted by Gasteiger charge is -2.06. The van der Waals surface area contributed by atoms with Crippen molar-refractivity contribution >= 4 is 23.2 Å². The summed E-state index contributed by atoms with van der Waals surface area (Å²) >= 11 is 11.5. The third kappa shape index (κ3) is 1.44. The zero-order chi connectivity index (χ0) is 8.59. The number of aromatic hydroxyl groups is 1. The van der Waals surface area contributed by atoms with Crippen LogP contribution in [0.25, 0.3) is 0 Å². The number of phenolic OH excluding ortho intramolecular Hbond substituents is 1. The SMILES string of the molecule is Cc1c(Cl)cc(Cl)c(O)c1C. The van der Waals surface area contributed by atoms with Gasteiger partial charge < -0.3 is 5.11 Å². The van der Waals surface area contributed by atoms with E-state index in [1.54, 1.807) is 13.0 Å². The lowest BCUT2D eigenvalue weighted by atomic mass is 10.1. The van der Waals surface area contributed by atoms with E-state index in [4.69, 9.17) is 23.2 Å². The van der Waals surface area contributed by atoms with E-state index in [-0.39, 0.29) is 5.75 Å². The van der Waals surface area contributed by atoms with E-state index in [9.17, 15) is 5.11 Å². The Balaban J connectivity index is 3.46. The number of phenols is 1. The van der Waals surface area contributed by atoms with Crippen LogP contribution < -0.4 is 0 Å². The predicted octanol–water partition coefficient (Wildman–Crippen LogP) is 3.32. The van der Waals surface area contributed by atoms with Crippen LogP contribution in [-0.4, -0.2) is 5.11 Å². The summed E-state index contributed by atoms with van der Waals surface area (Å²) in [6.07, 6.45) is 0. The van der Waals surface area contributed by atoms with Gasteiger partial charge in [-0.05, 0) is 31.0 Å². The minimum atomic E-state index is 0.119. The molecule has 1 nitrogen and oxygen atoms in total. The molecule has 0 unspecified atom stereocenters. The molecule has 1 N–H and O–H groups in total. The molecular formula is C8H8Cl2O. The minimum Gasteiger partial charge on any atom is -0.506 e. The molecule has 1 aromatic rings. The van der Waals surface area contributed by atoms with Crippen molar-refractivity contribution in [3.05, 3.63) is 27.2 Å². The highest BCUT2D eigenvalue weighted by Gasteiger charge is 2.07. The molecule has 0 atom stereocenters. The quantitative estimate of drug-likeness (QED) is 0.666. The minimum absolute atomic E-state index is 0.119. The van der Waals surface area contributed by atoms with Crippen LogP contribution in [0.5, 0.6) is 5.75 Å². The summed E-state index contributed by atoms with van der Waals surface area (Å²) in [5, 5.41) is 10.2. The maximum atomic E-state index is 9.32. The molecule has 11 heavy (non-hydrogen) atoms. The van der Waals surface area contributed by atoms with Crippen molar-refractivity contribution < 1.29 is 5.11 Å². The van der Waals surface area contributed by atoms with Crippen molar-refractivity contribution in [2.24, 2.45) is 0 Å². The van der Waals surface area contributed by atoms with Crippen LogP contribution in [0.2, 0.25) is 10.0 Å². The van der Waals surface area contributed by atoms with Crippen molar-refractivity contribution in [2.75, 3.05) is 0 Å². The second-order valence-corrected chi connectivity index (χ2v) is 3.25. The van der Waals surface area contributed by atoms with E-state index < -0.39 is 0 Å². The highest BCUT2D eigenvalue weighted by molar-refractivity contribution is 6.36. The second kappa shape index (κ2) is 2.92. The Labute approximate surface area is 75.6 Å². The van der Waals surface area contributed by atoms with Crippen LogP contribution >= 0.6 is 23.2 Å². The Morgan fingerprint density at radius 1 is 1.09 bits per heavy atom. The molecule has 0 amide bonds. The predicted molar refractivity (Wildman–Crippen MR) is 47.6 cm³/mol. The first-order valence-corrected chi connectivity index (χ1v) is 3.93. The Hall–Kier alpha value is -0.400. The molecule has 1 rings (SSSR count). The lowest BCUT2D eigenvalue weighted by Crippen LogP contribution is -1.83. The summed E-state index contributed by atoms with van der Waals surface area (Å²) in [5.74, 6) is 0.119. The average Bonchev–Trinajstić information content (AvgIpc) is 1.97. The van der Waals surface area contributed by atoms with Crippen LogP contribution in [0.1, 0.15) is 11.1 Å². The molecule has 60 valence electrons. The summed E-state index contributed by atoms with van der Waals surface area (Å²) in [4.78, 5) is 0.